The van der Waals surface area contributed by atoms with Crippen molar-refractivity contribution in [2.75, 3.05) is 6.54 Å². The molecule has 0 spiro atoms. The minimum absolute atomic E-state index is 0.0520. The summed E-state index contributed by atoms with van der Waals surface area (Å²) < 4.78 is 0. The lowest BCUT2D eigenvalue weighted by atomic mass is 10.2. The minimum atomic E-state index is -0.847. The quantitative estimate of drug-likeness (QED) is 0.228. The van der Waals surface area contributed by atoms with Crippen molar-refractivity contribution < 1.29 is 5.03 Å². The molecule has 1 rings (SSSR count). The summed E-state index contributed by atoms with van der Waals surface area (Å²) in [6.45, 7) is 2.94. The molecule has 1 atom stereocenters. The fourth-order valence-electron chi connectivity index (χ4n) is 1.26. The van der Waals surface area contributed by atoms with Crippen LogP contribution in [0.15, 0.2) is 23.4 Å². The third-order valence-electron chi connectivity index (χ3n) is 2.22. The van der Waals surface area contributed by atoms with Crippen molar-refractivity contribution in [2.45, 2.75) is 19.5 Å². The number of halogens is 1. The first-order valence-electron chi connectivity index (χ1n) is 5.53. The molecule has 0 aliphatic carbocycles. The van der Waals surface area contributed by atoms with E-state index in [1.807, 2.05) is 13.0 Å². The number of hydrogen-bond acceptors (Lipinski definition) is 4. The van der Waals surface area contributed by atoms with Crippen LogP contribution in [0, 0.1) is 10.1 Å². The lowest BCUT2D eigenvalue weighted by Crippen LogP contribution is -2.42. The Hall–Kier alpha value is -1.93. The summed E-state index contributed by atoms with van der Waals surface area (Å²) >= 11 is 5.68. The summed E-state index contributed by atoms with van der Waals surface area (Å²) in [6.07, 6.45) is 1.68. The zero-order valence-electron chi connectivity index (χ0n) is 10.3. The predicted molar refractivity (Wildman–Crippen MR) is 72.2 cm³/mol. The van der Waals surface area contributed by atoms with Gasteiger partial charge in [-0.2, -0.15) is 0 Å². The van der Waals surface area contributed by atoms with Gasteiger partial charge in [0.05, 0.1) is 0 Å². The Kier molecular flexibility index (Phi) is 5.97. The number of guanidine groups is 1. The van der Waals surface area contributed by atoms with Gasteiger partial charge in [-0.25, -0.2) is 15.1 Å². The van der Waals surface area contributed by atoms with Gasteiger partial charge in [0.1, 0.15) is 10.3 Å². The van der Waals surface area contributed by atoms with Crippen LogP contribution in [0.2, 0.25) is 5.15 Å². The molecule has 9 heteroatoms. The highest BCUT2D eigenvalue weighted by atomic mass is 35.5. The lowest BCUT2D eigenvalue weighted by Gasteiger charge is -2.14. The number of nitro groups is 1. The van der Waals surface area contributed by atoms with Gasteiger partial charge in [0, 0.05) is 25.3 Å². The first kappa shape index (κ1) is 15.1. The van der Waals surface area contributed by atoms with E-state index < -0.39 is 5.03 Å². The number of rotatable bonds is 6. The normalized spacial score (nSPS) is 13.1. The number of hydrogen-bond donors (Lipinski definition) is 3. The summed E-state index contributed by atoms with van der Waals surface area (Å²) in [5, 5.41) is 18.4. The Labute approximate surface area is 115 Å². The van der Waals surface area contributed by atoms with Gasteiger partial charge in [-0.05, 0) is 18.6 Å². The van der Waals surface area contributed by atoms with E-state index >= 15 is 0 Å². The van der Waals surface area contributed by atoms with E-state index in [0.29, 0.717) is 18.2 Å². The molecule has 0 aliphatic heterocycles. The summed E-state index contributed by atoms with van der Waals surface area (Å²) in [4.78, 5) is 14.0. The van der Waals surface area contributed by atoms with Crippen LogP contribution >= 0.6 is 11.6 Å². The van der Waals surface area contributed by atoms with Gasteiger partial charge in [-0.15, -0.1) is 0 Å². The average Bonchev–Trinajstić information content (AvgIpc) is 2.35. The molecule has 8 nitrogen and oxygen atoms in total. The molecule has 0 saturated carbocycles. The molecule has 19 heavy (non-hydrogen) atoms. The Morgan fingerprint density at radius 1 is 1.68 bits per heavy atom. The Morgan fingerprint density at radius 3 is 3.00 bits per heavy atom. The van der Waals surface area contributed by atoms with Gasteiger partial charge < -0.3 is 16.4 Å². The first-order valence-corrected chi connectivity index (χ1v) is 5.91. The van der Waals surface area contributed by atoms with Crippen LogP contribution in [-0.2, 0) is 6.54 Å². The highest BCUT2D eigenvalue weighted by Gasteiger charge is 2.04. The Bertz CT molecular complexity index is 450. The van der Waals surface area contributed by atoms with E-state index in [4.69, 9.17) is 17.3 Å². The highest BCUT2D eigenvalue weighted by molar-refractivity contribution is 6.29. The molecule has 0 aliphatic rings. The van der Waals surface area contributed by atoms with Gasteiger partial charge in [-0.3, -0.25) is 0 Å². The predicted octanol–water partition coefficient (Wildman–Crippen LogP) is 0.309. The molecule has 0 saturated heterocycles. The van der Waals surface area contributed by atoms with Crippen LogP contribution in [-0.4, -0.2) is 28.6 Å². The van der Waals surface area contributed by atoms with Crippen molar-refractivity contribution in [2.24, 2.45) is 10.8 Å². The summed E-state index contributed by atoms with van der Waals surface area (Å²) in [5.41, 5.74) is 6.28. The zero-order valence-corrected chi connectivity index (χ0v) is 11.1. The van der Waals surface area contributed by atoms with E-state index in [1.54, 1.807) is 12.3 Å². The number of nitrogens with one attached hydrogen (secondary N) is 2. The number of aromatic nitrogens is 1. The van der Waals surface area contributed by atoms with Crippen molar-refractivity contribution in [3.63, 3.8) is 0 Å². The molecular weight excluding hydrogens is 272 g/mol. The third kappa shape index (κ3) is 6.53. The minimum Gasteiger partial charge on any atom is -0.365 e. The molecule has 0 aromatic carbocycles. The molecular formula is C10H15ClN6O2. The molecule has 0 bridgehead atoms. The third-order valence-corrected chi connectivity index (χ3v) is 2.45. The molecule has 1 heterocycles. The molecule has 4 N–H and O–H groups in total. The van der Waals surface area contributed by atoms with Gasteiger partial charge in [0.2, 0.25) is 0 Å². The van der Waals surface area contributed by atoms with E-state index in [0.717, 1.165) is 5.56 Å². The van der Waals surface area contributed by atoms with Crippen molar-refractivity contribution in [3.8, 4) is 0 Å². The van der Waals surface area contributed by atoms with Gasteiger partial charge in [-0.1, -0.05) is 17.7 Å². The maximum absolute atomic E-state index is 10.1. The number of nitrogens with two attached hydrogens (primary N) is 1. The van der Waals surface area contributed by atoms with Crippen LogP contribution in [0.4, 0.5) is 0 Å². The second-order valence-corrected chi connectivity index (χ2v) is 4.26. The Morgan fingerprint density at radius 2 is 2.42 bits per heavy atom. The Balaban J connectivity index is 2.30. The van der Waals surface area contributed by atoms with Crippen LogP contribution in [0.5, 0.6) is 0 Å². The van der Waals surface area contributed by atoms with Crippen LogP contribution in [0.25, 0.3) is 0 Å². The maximum atomic E-state index is 10.1. The lowest BCUT2D eigenvalue weighted by molar-refractivity contribution is -0.485. The first-order chi connectivity index (χ1) is 8.97. The van der Waals surface area contributed by atoms with E-state index in [2.05, 4.69) is 20.7 Å². The van der Waals surface area contributed by atoms with E-state index in [-0.39, 0.29) is 12.0 Å². The number of pyridine rings is 1. The smallest absolute Gasteiger partial charge is 0.266 e. The second kappa shape index (κ2) is 7.49. The molecule has 0 amide bonds. The van der Waals surface area contributed by atoms with Crippen molar-refractivity contribution in [1.29, 1.82) is 0 Å². The van der Waals surface area contributed by atoms with Crippen LogP contribution in [0.1, 0.15) is 12.5 Å². The van der Waals surface area contributed by atoms with Gasteiger partial charge in [0.15, 0.2) is 5.03 Å². The highest BCUT2D eigenvalue weighted by Crippen LogP contribution is 2.04. The number of hydrazone groups is 1. The fraction of sp³-hybridized carbons (Fsp3) is 0.400. The molecule has 1 aromatic rings. The molecule has 1 unspecified atom stereocenters. The second-order valence-electron chi connectivity index (χ2n) is 3.88. The molecule has 1 aromatic heterocycles. The van der Waals surface area contributed by atoms with Crippen molar-refractivity contribution >= 4 is 17.6 Å². The van der Waals surface area contributed by atoms with Crippen molar-refractivity contribution in [3.05, 3.63) is 39.2 Å². The SMILES string of the molecule is CC(CNC(N)=N[N+](=O)[O-])NCc1ccc(Cl)nc1. The van der Waals surface area contributed by atoms with E-state index in [9.17, 15) is 10.1 Å². The van der Waals surface area contributed by atoms with Gasteiger partial charge in [0.25, 0.3) is 5.96 Å². The van der Waals surface area contributed by atoms with Crippen LogP contribution in [0.3, 0.4) is 0 Å². The monoisotopic (exact) mass is 286 g/mol. The molecule has 0 radical (unpaired) electrons. The summed E-state index contributed by atoms with van der Waals surface area (Å²) in [5.74, 6) is -0.216. The summed E-state index contributed by atoms with van der Waals surface area (Å²) in [7, 11) is 0. The standard InChI is InChI=1S/C10H15ClN6O2/c1-7(4-15-10(12)16-17(18)19)13-5-8-2-3-9(11)14-6-8/h2-3,6-7,13H,4-5H2,1H3,(H3,12,15,16). The maximum Gasteiger partial charge on any atom is 0.266 e. The van der Waals surface area contributed by atoms with Gasteiger partial charge >= 0.3 is 0 Å². The molecule has 0 fully saturated rings. The largest absolute Gasteiger partial charge is 0.365 e. The van der Waals surface area contributed by atoms with Crippen LogP contribution < -0.4 is 16.4 Å². The average molecular weight is 287 g/mol. The topological polar surface area (TPSA) is 118 Å². The zero-order chi connectivity index (χ0) is 14.3. The van der Waals surface area contributed by atoms with E-state index in [1.165, 1.54) is 0 Å². The molecule has 104 valence electrons. The fourth-order valence-corrected chi connectivity index (χ4v) is 1.37. The summed E-state index contributed by atoms with van der Waals surface area (Å²) in [6, 6.07) is 3.63. The van der Waals surface area contributed by atoms with Crippen molar-refractivity contribution in [1.82, 2.24) is 15.6 Å². The number of nitrogens with zero attached hydrogens (tertiary/aromatic N) is 3.